The van der Waals surface area contributed by atoms with Crippen molar-refractivity contribution < 1.29 is 13.2 Å². The summed E-state index contributed by atoms with van der Waals surface area (Å²) in [4.78, 5) is 12.5. The predicted molar refractivity (Wildman–Crippen MR) is 109 cm³/mol. The normalized spacial score (nSPS) is 12.5. The lowest BCUT2D eigenvalue weighted by Crippen LogP contribution is -2.41. The van der Waals surface area contributed by atoms with E-state index in [0.29, 0.717) is 10.2 Å². The fraction of sp³-hybridized carbons (Fsp3) is 0.316. The molecule has 0 aliphatic carbocycles. The Bertz CT molecular complexity index is 913. The molecule has 0 saturated heterocycles. The SMILES string of the molecule is Cc1ccc([C@H](C)NC(=O)CN(c2ccccc2Br)S(C)(=O)=O)cc1C. The van der Waals surface area contributed by atoms with Crippen molar-refractivity contribution in [1.82, 2.24) is 5.32 Å². The third-order valence-corrected chi connectivity index (χ3v) is 6.01. The molecule has 1 amide bonds. The number of carbonyl (C=O) groups excluding carboxylic acids is 1. The summed E-state index contributed by atoms with van der Waals surface area (Å²) in [5, 5.41) is 2.87. The van der Waals surface area contributed by atoms with Gasteiger partial charge in [0.2, 0.25) is 15.9 Å². The van der Waals surface area contributed by atoms with Crippen LogP contribution in [0, 0.1) is 13.8 Å². The largest absolute Gasteiger partial charge is 0.348 e. The third kappa shape index (κ3) is 5.08. The average molecular weight is 439 g/mol. The van der Waals surface area contributed by atoms with Gasteiger partial charge < -0.3 is 5.32 Å². The number of hydrogen-bond acceptors (Lipinski definition) is 3. The van der Waals surface area contributed by atoms with E-state index in [4.69, 9.17) is 0 Å². The zero-order valence-electron chi connectivity index (χ0n) is 15.3. The predicted octanol–water partition coefficient (Wildman–Crippen LogP) is 3.71. The van der Waals surface area contributed by atoms with Crippen LogP contribution in [0.1, 0.15) is 29.7 Å². The second kappa shape index (κ2) is 8.22. The summed E-state index contributed by atoms with van der Waals surface area (Å²) in [5.74, 6) is -0.364. The Kier molecular flexibility index (Phi) is 6.47. The monoisotopic (exact) mass is 438 g/mol. The van der Waals surface area contributed by atoms with E-state index in [1.807, 2.05) is 39.0 Å². The summed E-state index contributed by atoms with van der Waals surface area (Å²) < 4.78 is 26.1. The van der Waals surface area contributed by atoms with E-state index in [1.54, 1.807) is 24.3 Å². The maximum Gasteiger partial charge on any atom is 0.241 e. The molecule has 0 aliphatic rings. The zero-order chi connectivity index (χ0) is 19.5. The number of hydrogen-bond donors (Lipinski definition) is 1. The highest BCUT2D eigenvalue weighted by molar-refractivity contribution is 9.10. The second-order valence-electron chi connectivity index (χ2n) is 6.35. The molecule has 2 rings (SSSR count). The molecule has 7 heteroatoms. The number of sulfonamides is 1. The van der Waals surface area contributed by atoms with Crippen LogP contribution in [0.5, 0.6) is 0 Å². The summed E-state index contributed by atoms with van der Waals surface area (Å²) in [6.45, 7) is 5.65. The Morgan fingerprint density at radius 1 is 1.15 bits per heavy atom. The fourth-order valence-electron chi connectivity index (χ4n) is 2.57. The number of anilines is 1. The molecule has 5 nitrogen and oxygen atoms in total. The lowest BCUT2D eigenvalue weighted by atomic mass is 10.0. The molecular weight excluding hydrogens is 416 g/mol. The smallest absolute Gasteiger partial charge is 0.241 e. The van der Waals surface area contributed by atoms with Gasteiger partial charge in [0, 0.05) is 4.47 Å². The van der Waals surface area contributed by atoms with E-state index in [-0.39, 0.29) is 18.5 Å². The minimum Gasteiger partial charge on any atom is -0.348 e. The standard InChI is InChI=1S/C19H23BrN2O3S/c1-13-9-10-16(11-14(13)2)15(3)21-19(23)12-22(26(4,24)25)18-8-6-5-7-17(18)20/h5-11,15H,12H2,1-4H3,(H,21,23)/t15-/m0/s1. The molecule has 26 heavy (non-hydrogen) atoms. The van der Waals surface area contributed by atoms with Crippen molar-refractivity contribution in [2.75, 3.05) is 17.1 Å². The van der Waals surface area contributed by atoms with E-state index in [2.05, 4.69) is 21.2 Å². The molecule has 0 aliphatic heterocycles. The number of benzene rings is 2. The number of rotatable bonds is 6. The van der Waals surface area contributed by atoms with E-state index < -0.39 is 10.0 Å². The second-order valence-corrected chi connectivity index (χ2v) is 9.12. The molecule has 0 heterocycles. The lowest BCUT2D eigenvalue weighted by molar-refractivity contribution is -0.120. The first-order chi connectivity index (χ1) is 12.1. The van der Waals surface area contributed by atoms with Crippen LogP contribution >= 0.6 is 15.9 Å². The molecule has 0 bridgehead atoms. The molecule has 0 radical (unpaired) electrons. The molecule has 140 valence electrons. The van der Waals surface area contributed by atoms with Crippen molar-refractivity contribution in [3.8, 4) is 0 Å². The maximum atomic E-state index is 12.5. The van der Waals surface area contributed by atoms with Crippen LogP contribution in [0.15, 0.2) is 46.9 Å². The van der Waals surface area contributed by atoms with E-state index >= 15 is 0 Å². The molecular formula is C19H23BrN2O3S. The number of nitrogens with one attached hydrogen (secondary N) is 1. The van der Waals surface area contributed by atoms with Gasteiger partial charge in [0.15, 0.2) is 0 Å². The van der Waals surface area contributed by atoms with Crippen molar-refractivity contribution in [3.63, 3.8) is 0 Å². The first-order valence-electron chi connectivity index (χ1n) is 8.18. The van der Waals surface area contributed by atoms with Crippen LogP contribution in [0.4, 0.5) is 5.69 Å². The molecule has 1 atom stereocenters. The minimum absolute atomic E-state index is 0.220. The molecule has 2 aromatic rings. The first-order valence-corrected chi connectivity index (χ1v) is 10.8. The Hall–Kier alpha value is -1.86. The summed E-state index contributed by atoms with van der Waals surface area (Å²) in [6.07, 6.45) is 1.09. The highest BCUT2D eigenvalue weighted by atomic mass is 79.9. The van der Waals surface area contributed by atoms with Crippen molar-refractivity contribution in [2.45, 2.75) is 26.8 Å². The molecule has 0 aromatic heterocycles. The number of amides is 1. The van der Waals surface area contributed by atoms with Gasteiger partial charge in [0.05, 0.1) is 18.0 Å². The number of aryl methyl sites for hydroxylation is 2. The fourth-order valence-corrected chi connectivity index (χ4v) is 4.05. The number of carbonyl (C=O) groups is 1. The quantitative estimate of drug-likeness (QED) is 0.747. The minimum atomic E-state index is -3.61. The van der Waals surface area contributed by atoms with Gasteiger partial charge in [-0.3, -0.25) is 9.10 Å². The first kappa shape index (κ1) is 20.5. The molecule has 0 saturated carbocycles. The molecule has 0 fully saturated rings. The summed E-state index contributed by atoms with van der Waals surface area (Å²) in [6, 6.07) is 12.7. The average Bonchev–Trinajstić information content (AvgIpc) is 2.55. The van der Waals surface area contributed by atoms with Gasteiger partial charge in [-0.05, 0) is 65.5 Å². The van der Waals surface area contributed by atoms with E-state index in [0.717, 1.165) is 21.7 Å². The van der Waals surface area contributed by atoms with Gasteiger partial charge in [-0.15, -0.1) is 0 Å². The summed E-state index contributed by atoms with van der Waals surface area (Å²) in [5.41, 5.74) is 3.75. The Balaban J connectivity index is 2.17. The Labute approximate surface area is 163 Å². The number of halogens is 1. The van der Waals surface area contributed by atoms with Crippen LogP contribution in [-0.4, -0.2) is 27.1 Å². The third-order valence-electron chi connectivity index (χ3n) is 4.22. The van der Waals surface area contributed by atoms with Gasteiger partial charge >= 0.3 is 0 Å². The van der Waals surface area contributed by atoms with Crippen LogP contribution in [0.2, 0.25) is 0 Å². The molecule has 0 unspecified atom stereocenters. The van der Waals surface area contributed by atoms with Crippen LogP contribution in [-0.2, 0) is 14.8 Å². The lowest BCUT2D eigenvalue weighted by Gasteiger charge is -2.24. The Morgan fingerprint density at radius 3 is 2.38 bits per heavy atom. The maximum absolute atomic E-state index is 12.5. The topological polar surface area (TPSA) is 66.5 Å². The molecule has 2 aromatic carbocycles. The molecule has 0 spiro atoms. The number of nitrogens with zero attached hydrogens (tertiary/aromatic N) is 1. The van der Waals surface area contributed by atoms with Gasteiger partial charge in [-0.25, -0.2) is 8.42 Å². The van der Waals surface area contributed by atoms with Crippen molar-refractivity contribution in [2.24, 2.45) is 0 Å². The van der Waals surface area contributed by atoms with Crippen molar-refractivity contribution in [3.05, 3.63) is 63.6 Å². The van der Waals surface area contributed by atoms with Crippen LogP contribution in [0.25, 0.3) is 0 Å². The van der Waals surface area contributed by atoms with Crippen LogP contribution in [0.3, 0.4) is 0 Å². The van der Waals surface area contributed by atoms with E-state index in [1.165, 1.54) is 5.56 Å². The highest BCUT2D eigenvalue weighted by Gasteiger charge is 2.23. The van der Waals surface area contributed by atoms with Gasteiger partial charge in [-0.2, -0.15) is 0 Å². The molecule has 1 N–H and O–H groups in total. The summed E-state index contributed by atoms with van der Waals surface area (Å²) in [7, 11) is -3.61. The highest BCUT2D eigenvalue weighted by Crippen LogP contribution is 2.27. The van der Waals surface area contributed by atoms with Gasteiger partial charge in [0.25, 0.3) is 0 Å². The number of para-hydroxylation sites is 1. The van der Waals surface area contributed by atoms with Crippen LogP contribution < -0.4 is 9.62 Å². The van der Waals surface area contributed by atoms with Crippen molar-refractivity contribution in [1.29, 1.82) is 0 Å². The Morgan fingerprint density at radius 2 is 1.81 bits per heavy atom. The summed E-state index contributed by atoms with van der Waals surface area (Å²) >= 11 is 3.34. The van der Waals surface area contributed by atoms with Gasteiger partial charge in [0.1, 0.15) is 6.54 Å². The van der Waals surface area contributed by atoms with Gasteiger partial charge in [-0.1, -0.05) is 30.3 Å². The zero-order valence-corrected chi connectivity index (χ0v) is 17.7. The van der Waals surface area contributed by atoms with Crippen molar-refractivity contribution >= 4 is 37.5 Å². The van der Waals surface area contributed by atoms with E-state index in [9.17, 15) is 13.2 Å².